The number of carbonyl (C=O) groups is 1. The molecule has 1 saturated carbocycles. The van der Waals surface area contributed by atoms with E-state index in [0.29, 0.717) is 24.3 Å². The van der Waals surface area contributed by atoms with Crippen LogP contribution in [0.3, 0.4) is 0 Å². The van der Waals surface area contributed by atoms with Crippen LogP contribution in [-0.2, 0) is 0 Å². The van der Waals surface area contributed by atoms with E-state index in [1.165, 1.54) is 24.4 Å². The number of anilines is 1. The Morgan fingerprint density at radius 1 is 1.06 bits per heavy atom. The van der Waals surface area contributed by atoms with Crippen molar-refractivity contribution in [3.05, 3.63) is 64.2 Å². The van der Waals surface area contributed by atoms with Gasteiger partial charge >= 0.3 is 5.97 Å². The summed E-state index contributed by atoms with van der Waals surface area (Å²) in [4.78, 5) is 25.7. The lowest BCUT2D eigenvalue weighted by Crippen LogP contribution is -2.43. The van der Waals surface area contributed by atoms with E-state index in [0.717, 1.165) is 25.9 Å². The summed E-state index contributed by atoms with van der Waals surface area (Å²) in [7, 11) is 0. The third kappa shape index (κ3) is 5.20. The van der Waals surface area contributed by atoms with Crippen molar-refractivity contribution in [1.29, 1.82) is 0 Å². The minimum absolute atomic E-state index is 0. The number of nitrogens with zero attached hydrogens (tertiary/aromatic N) is 2. The number of pyridine rings is 1. The van der Waals surface area contributed by atoms with Gasteiger partial charge in [-0.15, -0.1) is 12.4 Å². The first-order valence-electron chi connectivity index (χ1n) is 10.4. The number of carboxylic acid groups (broad SMARTS) is 1. The van der Waals surface area contributed by atoms with Gasteiger partial charge in [0.25, 0.3) is 0 Å². The fraction of sp³-hybridized carbons (Fsp3) is 0.304. The largest absolute Gasteiger partial charge is 0.504 e. The maximum atomic E-state index is 14.6. The first kappa shape index (κ1) is 24.3. The second-order valence-corrected chi connectivity index (χ2v) is 7.86. The number of para-hydroxylation sites is 2. The van der Waals surface area contributed by atoms with Crippen LogP contribution in [0.1, 0.15) is 29.2 Å². The molecule has 1 aromatic heterocycles. The molecule has 2 heterocycles. The minimum Gasteiger partial charge on any atom is -0.504 e. The van der Waals surface area contributed by atoms with Crippen LogP contribution >= 0.6 is 12.4 Å². The molecule has 2 fully saturated rings. The molecule has 2 aliphatic rings. The highest BCUT2D eigenvalue weighted by atomic mass is 35.5. The van der Waals surface area contributed by atoms with E-state index in [1.54, 1.807) is 18.2 Å². The highest BCUT2D eigenvalue weighted by Gasteiger charge is 2.28. The summed E-state index contributed by atoms with van der Waals surface area (Å²) in [5, 5.41) is 30.0. The first-order chi connectivity index (χ1) is 15.4. The van der Waals surface area contributed by atoms with Gasteiger partial charge in [0.2, 0.25) is 5.43 Å². The van der Waals surface area contributed by atoms with Gasteiger partial charge in [-0.25, -0.2) is 9.18 Å². The van der Waals surface area contributed by atoms with Crippen molar-refractivity contribution < 1.29 is 24.5 Å². The molecule has 0 radical (unpaired) electrons. The number of benzene rings is 2. The minimum atomic E-state index is -1.28. The molecule has 0 bridgehead atoms. The molecule has 1 saturated heterocycles. The smallest absolute Gasteiger partial charge is 0.341 e. The van der Waals surface area contributed by atoms with Crippen LogP contribution in [-0.4, -0.2) is 52.0 Å². The standard InChI is InChI=1S/C17H18FN3O3.C6H6O2.ClH/c18-13-7-11-14(8-15(13)20-5-3-19-4-6-20)21(10-1-2-10)9-12(16(11)22)17(23)24;7-5-3-1-2-4-6(5)8;/h7-10,19H,1-6H2,(H,23,24);1-4,7-8H;1H. The Hall–Kier alpha value is -3.30. The number of piperazine rings is 1. The van der Waals surface area contributed by atoms with Crippen LogP contribution in [0.5, 0.6) is 11.5 Å². The SMILES string of the molecule is Cl.O=C(O)c1cn(C2CC2)c2cc(N3CCNCC3)c(F)cc2c1=O.Oc1ccccc1O. The zero-order chi connectivity index (χ0) is 22.8. The lowest BCUT2D eigenvalue weighted by atomic mass is 10.1. The summed E-state index contributed by atoms with van der Waals surface area (Å²) in [5.74, 6) is -1.91. The molecule has 5 rings (SSSR count). The monoisotopic (exact) mass is 477 g/mol. The Bertz CT molecular complexity index is 1200. The molecule has 1 aliphatic heterocycles. The fourth-order valence-electron chi connectivity index (χ4n) is 3.78. The van der Waals surface area contributed by atoms with Gasteiger partial charge in [-0.05, 0) is 37.1 Å². The maximum absolute atomic E-state index is 14.6. The van der Waals surface area contributed by atoms with E-state index in [9.17, 15) is 19.1 Å². The summed E-state index contributed by atoms with van der Waals surface area (Å²) < 4.78 is 16.4. The average Bonchev–Trinajstić information content (AvgIpc) is 3.62. The second kappa shape index (κ2) is 10.1. The highest BCUT2D eigenvalue weighted by molar-refractivity contribution is 5.93. The highest BCUT2D eigenvalue weighted by Crippen LogP contribution is 2.38. The van der Waals surface area contributed by atoms with Crippen molar-refractivity contribution in [3.63, 3.8) is 0 Å². The molecule has 1 aliphatic carbocycles. The van der Waals surface area contributed by atoms with Gasteiger partial charge in [0.1, 0.15) is 11.4 Å². The molecule has 0 atom stereocenters. The van der Waals surface area contributed by atoms with Crippen molar-refractivity contribution in [1.82, 2.24) is 9.88 Å². The van der Waals surface area contributed by atoms with Gasteiger partial charge < -0.3 is 30.1 Å². The van der Waals surface area contributed by atoms with Crippen molar-refractivity contribution in [2.75, 3.05) is 31.1 Å². The van der Waals surface area contributed by atoms with Crippen LogP contribution in [0.25, 0.3) is 10.9 Å². The van der Waals surface area contributed by atoms with Crippen molar-refractivity contribution in [2.45, 2.75) is 18.9 Å². The number of aromatic carboxylic acids is 1. The summed E-state index contributed by atoms with van der Waals surface area (Å²) in [6, 6.07) is 9.23. The molecular weight excluding hydrogens is 453 g/mol. The second-order valence-electron chi connectivity index (χ2n) is 7.86. The van der Waals surface area contributed by atoms with Gasteiger partial charge in [0.05, 0.1) is 11.2 Å². The number of carboxylic acids is 1. The van der Waals surface area contributed by atoms with E-state index in [4.69, 9.17) is 10.2 Å². The number of halogens is 2. The number of hydrogen-bond acceptors (Lipinski definition) is 6. The lowest BCUT2D eigenvalue weighted by molar-refractivity contribution is 0.0695. The molecule has 0 unspecified atom stereocenters. The topological polar surface area (TPSA) is 115 Å². The van der Waals surface area contributed by atoms with Crippen molar-refractivity contribution in [3.8, 4) is 11.5 Å². The van der Waals surface area contributed by atoms with Gasteiger partial charge in [-0.2, -0.15) is 0 Å². The summed E-state index contributed by atoms with van der Waals surface area (Å²) in [5.41, 5.74) is 0.159. The van der Waals surface area contributed by atoms with Gasteiger partial charge in [0, 0.05) is 43.8 Å². The predicted octanol–water partition coefficient (Wildman–Crippen LogP) is 3.10. The molecular formula is C23H25ClFN3O5. The van der Waals surface area contributed by atoms with E-state index in [1.807, 2.05) is 9.47 Å². The number of nitrogens with one attached hydrogen (secondary N) is 1. The fourth-order valence-corrected chi connectivity index (χ4v) is 3.78. The van der Waals surface area contributed by atoms with Crippen LogP contribution in [0, 0.1) is 5.82 Å². The first-order valence-corrected chi connectivity index (χ1v) is 10.4. The van der Waals surface area contributed by atoms with Gasteiger partial charge in [0.15, 0.2) is 11.5 Å². The molecule has 10 heteroatoms. The maximum Gasteiger partial charge on any atom is 0.341 e. The van der Waals surface area contributed by atoms with Crippen molar-refractivity contribution >= 4 is 35.0 Å². The van der Waals surface area contributed by atoms with E-state index in [-0.39, 0.29) is 40.9 Å². The van der Waals surface area contributed by atoms with Crippen LogP contribution in [0.15, 0.2) is 47.4 Å². The number of hydrogen-bond donors (Lipinski definition) is 4. The number of aromatic nitrogens is 1. The molecule has 0 spiro atoms. The third-order valence-electron chi connectivity index (χ3n) is 5.61. The number of rotatable bonds is 3. The number of phenols is 2. The third-order valence-corrected chi connectivity index (χ3v) is 5.61. The number of phenolic OH excluding ortho intramolecular Hbond substituents is 2. The molecule has 8 nitrogen and oxygen atoms in total. The summed E-state index contributed by atoms with van der Waals surface area (Å²) in [6.45, 7) is 2.96. The lowest BCUT2D eigenvalue weighted by Gasteiger charge is -2.30. The molecule has 33 heavy (non-hydrogen) atoms. The molecule has 3 aromatic rings. The normalized spacial score (nSPS) is 15.4. The molecule has 2 aromatic carbocycles. The summed E-state index contributed by atoms with van der Waals surface area (Å²) in [6.07, 6.45) is 3.29. The zero-order valence-corrected chi connectivity index (χ0v) is 18.5. The predicted molar refractivity (Wildman–Crippen MR) is 125 cm³/mol. The summed E-state index contributed by atoms with van der Waals surface area (Å²) >= 11 is 0. The Morgan fingerprint density at radius 2 is 1.67 bits per heavy atom. The Kier molecular flexibility index (Phi) is 7.45. The Balaban J connectivity index is 0.000000290. The molecule has 176 valence electrons. The quantitative estimate of drug-likeness (QED) is 0.428. The van der Waals surface area contributed by atoms with Gasteiger partial charge in [-0.3, -0.25) is 4.79 Å². The van der Waals surface area contributed by atoms with Crippen LogP contribution in [0.4, 0.5) is 10.1 Å². The van der Waals surface area contributed by atoms with Crippen LogP contribution in [0.2, 0.25) is 0 Å². The molecule has 0 amide bonds. The van der Waals surface area contributed by atoms with E-state index in [2.05, 4.69) is 5.32 Å². The van der Waals surface area contributed by atoms with E-state index >= 15 is 0 Å². The van der Waals surface area contributed by atoms with Gasteiger partial charge in [-0.1, -0.05) is 12.1 Å². The Morgan fingerprint density at radius 3 is 2.18 bits per heavy atom. The number of aromatic hydroxyl groups is 2. The zero-order valence-electron chi connectivity index (χ0n) is 17.7. The molecule has 4 N–H and O–H groups in total. The average molecular weight is 478 g/mol. The Labute approximate surface area is 195 Å². The van der Waals surface area contributed by atoms with E-state index < -0.39 is 17.2 Å². The van der Waals surface area contributed by atoms with Crippen LogP contribution < -0.4 is 15.6 Å². The van der Waals surface area contributed by atoms with Crippen molar-refractivity contribution in [2.24, 2.45) is 0 Å². The number of fused-ring (bicyclic) bond motifs is 1.